The predicted molar refractivity (Wildman–Crippen MR) is 130 cm³/mol. The number of esters is 1. The lowest BCUT2D eigenvalue weighted by Crippen LogP contribution is -2.17. The first kappa shape index (κ1) is 20.6. The van der Waals surface area contributed by atoms with Crippen LogP contribution in [0.15, 0.2) is 63.3 Å². The molecule has 0 saturated carbocycles. The first-order chi connectivity index (χ1) is 16.6. The van der Waals surface area contributed by atoms with Crippen molar-refractivity contribution in [1.82, 2.24) is 14.4 Å². The number of benzene rings is 1. The van der Waals surface area contributed by atoms with Crippen LogP contribution in [0.5, 0.6) is 0 Å². The second-order valence-corrected chi connectivity index (χ2v) is 9.01. The van der Waals surface area contributed by atoms with E-state index in [4.69, 9.17) is 14.1 Å². The average molecular weight is 470 g/mol. The van der Waals surface area contributed by atoms with E-state index >= 15 is 0 Å². The van der Waals surface area contributed by atoms with E-state index in [-0.39, 0.29) is 12.2 Å². The van der Waals surface area contributed by atoms with Gasteiger partial charge in [-0.15, -0.1) is 11.3 Å². The molecule has 0 aliphatic heterocycles. The molecule has 168 valence electrons. The molecule has 0 fully saturated rings. The summed E-state index contributed by atoms with van der Waals surface area (Å²) in [5.74, 6) is 0.303. The lowest BCUT2D eigenvalue weighted by atomic mass is 10.0. The van der Waals surface area contributed by atoms with Crippen molar-refractivity contribution in [3.63, 3.8) is 0 Å². The minimum atomic E-state index is -0.446. The highest BCUT2D eigenvalue weighted by molar-refractivity contribution is 7.15. The Bertz CT molecular complexity index is 1660. The summed E-state index contributed by atoms with van der Waals surface area (Å²) in [6, 6.07) is 12.7. The molecule has 0 bridgehead atoms. The smallest absolute Gasteiger partial charge is 0.339 e. The summed E-state index contributed by atoms with van der Waals surface area (Å²) in [5, 5.41) is 2.63. The average Bonchev–Trinajstić information content (AvgIpc) is 3.58. The van der Waals surface area contributed by atoms with Gasteiger partial charge in [0.05, 0.1) is 28.7 Å². The third kappa shape index (κ3) is 3.43. The Kier molecular flexibility index (Phi) is 4.88. The van der Waals surface area contributed by atoms with Gasteiger partial charge in [0.1, 0.15) is 12.4 Å². The number of nitrogens with zero attached hydrogens (tertiary/aromatic N) is 3. The number of para-hydroxylation sites is 1. The highest BCUT2D eigenvalue weighted by Crippen LogP contribution is 2.37. The van der Waals surface area contributed by atoms with Gasteiger partial charge in [0.15, 0.2) is 4.96 Å². The van der Waals surface area contributed by atoms with Crippen LogP contribution in [0.2, 0.25) is 0 Å². The van der Waals surface area contributed by atoms with Gasteiger partial charge in [0.2, 0.25) is 0 Å². The Morgan fingerprint density at radius 1 is 1.21 bits per heavy atom. The van der Waals surface area contributed by atoms with Gasteiger partial charge in [-0.3, -0.25) is 9.20 Å². The van der Waals surface area contributed by atoms with Crippen molar-refractivity contribution >= 4 is 44.8 Å². The number of allylic oxidation sites excluding steroid dienone is 1. The number of rotatable bonds is 4. The molecule has 0 unspecified atom stereocenters. The zero-order chi connectivity index (χ0) is 23.2. The van der Waals surface area contributed by atoms with Gasteiger partial charge in [0, 0.05) is 22.5 Å². The zero-order valence-electron chi connectivity index (χ0n) is 18.3. The number of carbonyl (C=O) groups is 1. The molecule has 7 nitrogen and oxygen atoms in total. The molecule has 0 saturated heterocycles. The van der Waals surface area contributed by atoms with Crippen LogP contribution in [0.1, 0.15) is 45.2 Å². The van der Waals surface area contributed by atoms with Crippen molar-refractivity contribution in [2.45, 2.75) is 26.4 Å². The highest BCUT2D eigenvalue weighted by atomic mass is 32.1. The Labute approximate surface area is 198 Å². The molecule has 8 heteroatoms. The number of aryl methyl sites for hydroxylation is 1. The molecule has 1 aliphatic carbocycles. The van der Waals surface area contributed by atoms with Gasteiger partial charge in [-0.1, -0.05) is 18.2 Å². The van der Waals surface area contributed by atoms with Crippen molar-refractivity contribution in [2.24, 2.45) is 0 Å². The van der Waals surface area contributed by atoms with Crippen LogP contribution in [0.3, 0.4) is 0 Å². The number of ether oxygens (including phenoxy) is 1. The summed E-state index contributed by atoms with van der Waals surface area (Å²) in [6.45, 7) is 1.78. The van der Waals surface area contributed by atoms with E-state index in [1.807, 2.05) is 54.8 Å². The lowest BCUT2D eigenvalue weighted by Gasteiger charge is -2.12. The highest BCUT2D eigenvalue weighted by Gasteiger charge is 2.28. The van der Waals surface area contributed by atoms with Crippen LogP contribution in [0.4, 0.5) is 0 Å². The molecule has 6 rings (SSSR count). The van der Waals surface area contributed by atoms with Crippen molar-refractivity contribution in [1.29, 1.82) is 0 Å². The quantitative estimate of drug-likeness (QED) is 0.343. The van der Waals surface area contributed by atoms with Crippen molar-refractivity contribution in [2.75, 3.05) is 0 Å². The normalized spacial score (nSPS) is 14.2. The molecular formula is C26H19N3O4S. The molecular weight excluding hydrogens is 450 g/mol. The van der Waals surface area contributed by atoms with E-state index in [9.17, 15) is 9.59 Å². The molecule has 1 aromatic carbocycles. The SMILES string of the molecule is Cc1csc2nc(COC(=O)c3c4c(nc5ccccc35)/C(=C/c3ccco3)CC4)cc(=O)n12. The molecule has 4 aromatic heterocycles. The van der Waals surface area contributed by atoms with E-state index in [2.05, 4.69) is 4.98 Å². The van der Waals surface area contributed by atoms with E-state index in [1.165, 1.54) is 17.4 Å². The number of pyridine rings is 1. The Balaban J connectivity index is 1.38. The summed E-state index contributed by atoms with van der Waals surface area (Å²) in [7, 11) is 0. The molecule has 1 aliphatic rings. The summed E-state index contributed by atoms with van der Waals surface area (Å²) < 4.78 is 12.7. The molecule has 0 N–H and O–H groups in total. The third-order valence-electron chi connectivity index (χ3n) is 5.99. The van der Waals surface area contributed by atoms with Crippen LogP contribution in [-0.4, -0.2) is 20.3 Å². The second kappa shape index (κ2) is 8.07. The number of aromatic nitrogens is 3. The standard InChI is InChI=1S/C26H19N3O4S/c1-15-14-34-26-27-17(12-22(30)29(15)26)13-33-25(31)23-19-6-2-3-7-21(19)28-24-16(8-9-20(23)24)11-18-5-4-10-32-18/h2-7,10-12,14H,8-9,13H2,1H3/b16-11+. The molecule has 34 heavy (non-hydrogen) atoms. The van der Waals surface area contributed by atoms with E-state index in [0.717, 1.165) is 45.6 Å². The van der Waals surface area contributed by atoms with E-state index in [1.54, 1.807) is 10.7 Å². The van der Waals surface area contributed by atoms with Gasteiger partial charge in [0.25, 0.3) is 5.56 Å². The molecule has 5 aromatic rings. The van der Waals surface area contributed by atoms with Gasteiger partial charge < -0.3 is 9.15 Å². The number of thiazole rings is 1. The second-order valence-electron chi connectivity index (χ2n) is 8.17. The topological polar surface area (TPSA) is 86.7 Å². The first-order valence-corrected chi connectivity index (χ1v) is 11.8. The maximum absolute atomic E-state index is 13.4. The van der Waals surface area contributed by atoms with Gasteiger partial charge >= 0.3 is 5.97 Å². The van der Waals surface area contributed by atoms with E-state index < -0.39 is 5.97 Å². The van der Waals surface area contributed by atoms with Gasteiger partial charge in [-0.05, 0) is 55.2 Å². The minimum absolute atomic E-state index is 0.0813. The largest absolute Gasteiger partial charge is 0.465 e. The van der Waals surface area contributed by atoms with E-state index in [0.29, 0.717) is 22.6 Å². The third-order valence-corrected chi connectivity index (χ3v) is 6.93. The van der Waals surface area contributed by atoms with Crippen molar-refractivity contribution in [3.05, 3.63) is 98.4 Å². The Morgan fingerprint density at radius 2 is 2.09 bits per heavy atom. The fourth-order valence-electron chi connectivity index (χ4n) is 4.44. The molecule has 0 spiro atoms. The first-order valence-electron chi connectivity index (χ1n) is 10.9. The van der Waals surface area contributed by atoms with Crippen molar-refractivity contribution in [3.8, 4) is 0 Å². The number of carbonyl (C=O) groups excluding carboxylic acids is 1. The predicted octanol–water partition coefficient (Wildman–Crippen LogP) is 5.05. The Morgan fingerprint density at radius 3 is 2.94 bits per heavy atom. The van der Waals surface area contributed by atoms with Crippen molar-refractivity contribution < 1.29 is 13.9 Å². The van der Waals surface area contributed by atoms with Gasteiger partial charge in [-0.25, -0.2) is 14.8 Å². The molecule has 4 heterocycles. The number of hydrogen-bond donors (Lipinski definition) is 0. The number of fused-ring (bicyclic) bond motifs is 3. The summed E-state index contributed by atoms with van der Waals surface area (Å²) in [4.78, 5) is 35.7. The summed E-state index contributed by atoms with van der Waals surface area (Å²) in [6.07, 6.45) is 5.04. The fourth-order valence-corrected chi connectivity index (χ4v) is 5.33. The zero-order valence-corrected chi connectivity index (χ0v) is 19.1. The van der Waals surface area contributed by atoms with Crippen LogP contribution < -0.4 is 5.56 Å². The molecule has 0 atom stereocenters. The minimum Gasteiger partial charge on any atom is -0.465 e. The van der Waals surface area contributed by atoms with Crippen LogP contribution in [0.25, 0.3) is 27.5 Å². The maximum atomic E-state index is 13.4. The van der Waals surface area contributed by atoms with Gasteiger partial charge in [-0.2, -0.15) is 0 Å². The monoisotopic (exact) mass is 469 g/mol. The summed E-state index contributed by atoms with van der Waals surface area (Å²) >= 11 is 1.38. The van der Waals surface area contributed by atoms with Crippen LogP contribution in [-0.2, 0) is 17.8 Å². The lowest BCUT2D eigenvalue weighted by molar-refractivity contribution is 0.0469. The fraction of sp³-hybridized carbons (Fsp3) is 0.154. The molecule has 0 radical (unpaired) electrons. The number of hydrogen-bond acceptors (Lipinski definition) is 7. The maximum Gasteiger partial charge on any atom is 0.339 e. The number of furan rings is 1. The Hall–Kier alpha value is -4.04. The summed E-state index contributed by atoms with van der Waals surface area (Å²) in [5.41, 5.74) is 5.02. The van der Waals surface area contributed by atoms with Crippen LogP contribution >= 0.6 is 11.3 Å². The molecule has 0 amide bonds. The van der Waals surface area contributed by atoms with Crippen LogP contribution in [0, 0.1) is 6.92 Å².